The molecule has 0 radical (unpaired) electrons. The van der Waals surface area contributed by atoms with E-state index in [1.807, 2.05) is 6.07 Å². The summed E-state index contributed by atoms with van der Waals surface area (Å²) in [5, 5.41) is 3.57. The summed E-state index contributed by atoms with van der Waals surface area (Å²) in [7, 11) is 1.59. The number of aromatic nitrogens is 1. The molecule has 0 saturated carbocycles. The van der Waals surface area contributed by atoms with E-state index in [2.05, 4.69) is 10.3 Å². The van der Waals surface area contributed by atoms with Crippen molar-refractivity contribution in [3.63, 3.8) is 0 Å². The Morgan fingerprint density at radius 2 is 1.96 bits per heavy atom. The second kappa shape index (κ2) is 6.04. The molecule has 116 valence electrons. The van der Waals surface area contributed by atoms with Crippen LogP contribution in [0, 0.1) is 12.7 Å². The van der Waals surface area contributed by atoms with Gasteiger partial charge in [-0.2, -0.15) is 0 Å². The van der Waals surface area contributed by atoms with Gasteiger partial charge in [-0.05, 0) is 48.9 Å². The van der Waals surface area contributed by atoms with Gasteiger partial charge in [-0.25, -0.2) is 9.37 Å². The number of halogens is 1. The molecule has 1 aromatic heterocycles. The summed E-state index contributed by atoms with van der Waals surface area (Å²) < 4.78 is 18.5. The van der Waals surface area contributed by atoms with E-state index in [0.717, 1.165) is 16.7 Å². The fraction of sp³-hybridized carbons (Fsp3) is 0.111. The monoisotopic (exact) mass is 310 g/mol. The van der Waals surface area contributed by atoms with Gasteiger partial charge in [0.1, 0.15) is 17.3 Å². The van der Waals surface area contributed by atoms with Crippen LogP contribution in [0.3, 0.4) is 0 Å². The minimum Gasteiger partial charge on any atom is -0.497 e. The molecule has 1 N–H and O–H groups in total. The van der Waals surface area contributed by atoms with Gasteiger partial charge < -0.3 is 10.1 Å². The van der Waals surface area contributed by atoms with E-state index < -0.39 is 5.82 Å². The molecule has 0 spiro atoms. The summed E-state index contributed by atoms with van der Waals surface area (Å²) in [4.78, 5) is 16.7. The highest BCUT2D eigenvalue weighted by atomic mass is 19.1. The third-order valence-electron chi connectivity index (χ3n) is 3.58. The van der Waals surface area contributed by atoms with Crippen molar-refractivity contribution in [3.05, 3.63) is 65.6 Å². The average Bonchev–Trinajstić information content (AvgIpc) is 2.57. The topological polar surface area (TPSA) is 51.2 Å². The SMILES string of the molecule is COc1ccc2nc(C(=O)Nc3cc(F)ccc3C)ccc2c1. The van der Waals surface area contributed by atoms with Gasteiger partial charge in [0.05, 0.1) is 12.6 Å². The number of amides is 1. The average molecular weight is 310 g/mol. The van der Waals surface area contributed by atoms with Crippen LogP contribution in [-0.4, -0.2) is 18.0 Å². The Kier molecular flexibility index (Phi) is 3.93. The first-order valence-corrected chi connectivity index (χ1v) is 7.09. The first-order valence-electron chi connectivity index (χ1n) is 7.09. The Bertz CT molecular complexity index is 893. The van der Waals surface area contributed by atoms with Gasteiger partial charge in [0.15, 0.2) is 0 Å². The summed E-state index contributed by atoms with van der Waals surface area (Å²) in [6.45, 7) is 1.80. The number of pyridine rings is 1. The molecule has 1 heterocycles. The fourth-order valence-electron chi connectivity index (χ4n) is 2.27. The predicted molar refractivity (Wildman–Crippen MR) is 87.4 cm³/mol. The van der Waals surface area contributed by atoms with Crippen LogP contribution in [0.1, 0.15) is 16.1 Å². The second-order valence-electron chi connectivity index (χ2n) is 5.17. The Labute approximate surface area is 132 Å². The maximum atomic E-state index is 13.3. The largest absolute Gasteiger partial charge is 0.497 e. The quantitative estimate of drug-likeness (QED) is 0.797. The lowest BCUT2D eigenvalue weighted by Gasteiger charge is -2.09. The molecule has 5 heteroatoms. The van der Waals surface area contributed by atoms with Crippen LogP contribution >= 0.6 is 0 Å². The highest BCUT2D eigenvalue weighted by molar-refractivity contribution is 6.04. The van der Waals surface area contributed by atoms with Crippen molar-refractivity contribution in [3.8, 4) is 5.75 Å². The number of anilines is 1. The van der Waals surface area contributed by atoms with Crippen LogP contribution in [-0.2, 0) is 0 Å². The minimum atomic E-state index is -0.399. The van der Waals surface area contributed by atoms with Gasteiger partial charge in [0.25, 0.3) is 5.91 Å². The molecule has 3 rings (SSSR count). The van der Waals surface area contributed by atoms with Gasteiger partial charge in [-0.1, -0.05) is 12.1 Å². The Morgan fingerprint density at radius 3 is 2.74 bits per heavy atom. The highest BCUT2D eigenvalue weighted by Crippen LogP contribution is 2.21. The number of methoxy groups -OCH3 is 1. The zero-order valence-corrected chi connectivity index (χ0v) is 12.8. The van der Waals surface area contributed by atoms with E-state index in [9.17, 15) is 9.18 Å². The molecule has 2 aromatic carbocycles. The van der Waals surface area contributed by atoms with E-state index >= 15 is 0 Å². The van der Waals surface area contributed by atoms with Gasteiger partial charge in [-0.3, -0.25) is 4.79 Å². The van der Waals surface area contributed by atoms with Crippen molar-refractivity contribution in [2.45, 2.75) is 6.92 Å². The molecule has 1 amide bonds. The number of hydrogen-bond donors (Lipinski definition) is 1. The normalized spacial score (nSPS) is 10.6. The summed E-state index contributed by atoms with van der Waals surface area (Å²) in [5.41, 5.74) is 2.18. The third kappa shape index (κ3) is 3.13. The van der Waals surface area contributed by atoms with E-state index in [-0.39, 0.29) is 11.6 Å². The van der Waals surface area contributed by atoms with Gasteiger partial charge in [0.2, 0.25) is 0 Å². The van der Waals surface area contributed by atoms with Gasteiger partial charge in [-0.15, -0.1) is 0 Å². The smallest absolute Gasteiger partial charge is 0.274 e. The predicted octanol–water partition coefficient (Wildman–Crippen LogP) is 3.94. The molecule has 4 nitrogen and oxygen atoms in total. The molecule has 0 aliphatic heterocycles. The Hall–Kier alpha value is -2.95. The van der Waals surface area contributed by atoms with E-state index in [0.29, 0.717) is 11.2 Å². The number of aryl methyl sites for hydroxylation is 1. The molecule has 0 unspecified atom stereocenters. The summed E-state index contributed by atoms with van der Waals surface area (Å²) in [6, 6.07) is 13.1. The lowest BCUT2D eigenvalue weighted by atomic mass is 10.1. The molecule has 3 aromatic rings. The van der Waals surface area contributed by atoms with Crippen LogP contribution in [0.5, 0.6) is 5.75 Å². The zero-order valence-electron chi connectivity index (χ0n) is 12.8. The molecule has 0 atom stereocenters. The third-order valence-corrected chi connectivity index (χ3v) is 3.58. The molecular formula is C18H15FN2O2. The summed E-state index contributed by atoms with van der Waals surface area (Å²) in [5.74, 6) is -0.0484. The van der Waals surface area contributed by atoms with E-state index in [1.54, 1.807) is 44.4 Å². The number of hydrogen-bond acceptors (Lipinski definition) is 3. The first kappa shape index (κ1) is 15.0. The lowest BCUT2D eigenvalue weighted by Crippen LogP contribution is -2.14. The van der Waals surface area contributed by atoms with Crippen molar-refractivity contribution in [1.82, 2.24) is 4.98 Å². The summed E-state index contributed by atoms with van der Waals surface area (Å²) >= 11 is 0. The number of carbonyl (C=O) groups is 1. The molecule has 23 heavy (non-hydrogen) atoms. The van der Waals surface area contributed by atoms with Crippen LogP contribution in [0.2, 0.25) is 0 Å². The maximum Gasteiger partial charge on any atom is 0.274 e. The number of benzene rings is 2. The van der Waals surface area contributed by atoms with Crippen LogP contribution < -0.4 is 10.1 Å². The van der Waals surface area contributed by atoms with Crippen molar-refractivity contribution in [1.29, 1.82) is 0 Å². The molecule has 0 fully saturated rings. The molecule has 0 saturated heterocycles. The highest BCUT2D eigenvalue weighted by Gasteiger charge is 2.11. The molecule has 0 bridgehead atoms. The van der Waals surface area contributed by atoms with Crippen LogP contribution in [0.15, 0.2) is 48.5 Å². The maximum absolute atomic E-state index is 13.3. The van der Waals surface area contributed by atoms with Crippen molar-refractivity contribution >= 4 is 22.5 Å². The minimum absolute atomic E-state index is 0.270. The Balaban J connectivity index is 1.90. The summed E-state index contributed by atoms with van der Waals surface area (Å²) in [6.07, 6.45) is 0. The Morgan fingerprint density at radius 1 is 1.13 bits per heavy atom. The number of nitrogens with zero attached hydrogens (tertiary/aromatic N) is 1. The van der Waals surface area contributed by atoms with Crippen LogP contribution in [0.25, 0.3) is 10.9 Å². The first-order chi connectivity index (χ1) is 11.1. The van der Waals surface area contributed by atoms with Crippen molar-refractivity contribution < 1.29 is 13.9 Å². The number of ether oxygens (including phenoxy) is 1. The van der Waals surface area contributed by atoms with Crippen LogP contribution in [0.4, 0.5) is 10.1 Å². The number of carbonyl (C=O) groups excluding carboxylic acids is 1. The van der Waals surface area contributed by atoms with Gasteiger partial charge in [0, 0.05) is 11.1 Å². The standard InChI is InChI=1S/C18H15FN2O2/c1-11-3-5-13(19)10-17(11)21-18(22)16-7-4-12-9-14(23-2)6-8-15(12)20-16/h3-10H,1-2H3,(H,21,22). The van der Waals surface area contributed by atoms with Gasteiger partial charge >= 0.3 is 0 Å². The molecule has 0 aliphatic rings. The van der Waals surface area contributed by atoms with Crippen molar-refractivity contribution in [2.24, 2.45) is 0 Å². The number of nitrogens with one attached hydrogen (secondary N) is 1. The van der Waals surface area contributed by atoms with E-state index in [1.165, 1.54) is 12.1 Å². The number of rotatable bonds is 3. The lowest BCUT2D eigenvalue weighted by molar-refractivity contribution is 0.102. The van der Waals surface area contributed by atoms with E-state index in [4.69, 9.17) is 4.74 Å². The molecule has 0 aliphatic carbocycles. The fourth-order valence-corrected chi connectivity index (χ4v) is 2.27. The molecular weight excluding hydrogens is 295 g/mol. The second-order valence-corrected chi connectivity index (χ2v) is 5.17. The van der Waals surface area contributed by atoms with Crippen molar-refractivity contribution in [2.75, 3.05) is 12.4 Å². The number of fused-ring (bicyclic) bond motifs is 1. The zero-order chi connectivity index (χ0) is 16.4.